The summed E-state index contributed by atoms with van der Waals surface area (Å²) >= 11 is 0. The molecule has 0 saturated heterocycles. The smallest absolute Gasteiger partial charge is 0.337 e. The summed E-state index contributed by atoms with van der Waals surface area (Å²) in [7, 11) is 1.31. The predicted octanol–water partition coefficient (Wildman–Crippen LogP) is 1.71. The molecule has 74 valence electrons. The molecule has 0 saturated carbocycles. The van der Waals surface area contributed by atoms with Crippen LogP contribution in [0.1, 0.15) is 17.3 Å². The van der Waals surface area contributed by atoms with E-state index in [1.807, 2.05) is 0 Å². The number of carbonyl (C=O) groups is 1. The number of hydrogen-bond donors (Lipinski definition) is 1. The second-order valence-corrected chi connectivity index (χ2v) is 2.26. The SMILES string of the molecule is CC#N.COC(=O)c1ccc(O)cc1. The number of phenolic OH excluding ortho intramolecular Hbond substituents is 1. The molecule has 0 amide bonds. The lowest BCUT2D eigenvalue weighted by molar-refractivity contribution is 0.0600. The van der Waals surface area contributed by atoms with Crippen LogP contribution in [0.25, 0.3) is 0 Å². The summed E-state index contributed by atoms with van der Waals surface area (Å²) in [6.07, 6.45) is 0. The fourth-order valence-electron chi connectivity index (χ4n) is 0.715. The van der Waals surface area contributed by atoms with Crippen molar-refractivity contribution in [1.82, 2.24) is 0 Å². The standard InChI is InChI=1S/C8H8O3.C2H3N/c1-11-8(10)6-2-4-7(9)5-3-6;1-2-3/h2-5,9H,1H3;1H3. The lowest BCUT2D eigenvalue weighted by Crippen LogP contribution is -1.99. The Kier molecular flexibility index (Phi) is 5.55. The first kappa shape index (κ1) is 12.0. The van der Waals surface area contributed by atoms with Gasteiger partial charge in [-0.1, -0.05) is 0 Å². The fraction of sp³-hybridized carbons (Fsp3) is 0.200. The van der Waals surface area contributed by atoms with E-state index in [4.69, 9.17) is 10.4 Å². The summed E-state index contributed by atoms with van der Waals surface area (Å²) in [6, 6.07) is 7.63. The van der Waals surface area contributed by atoms with E-state index in [-0.39, 0.29) is 5.75 Å². The maximum Gasteiger partial charge on any atom is 0.337 e. The quantitative estimate of drug-likeness (QED) is 0.689. The molecule has 0 fully saturated rings. The van der Waals surface area contributed by atoms with Crippen molar-refractivity contribution in [2.45, 2.75) is 6.92 Å². The second kappa shape index (κ2) is 6.49. The summed E-state index contributed by atoms with van der Waals surface area (Å²) in [5, 5.41) is 16.2. The molecule has 0 radical (unpaired) electrons. The molecule has 1 aromatic rings. The first-order valence-corrected chi connectivity index (χ1v) is 3.84. The Hall–Kier alpha value is -2.02. The Labute approximate surface area is 82.4 Å². The number of ether oxygens (including phenoxy) is 1. The van der Waals surface area contributed by atoms with Gasteiger partial charge in [-0.2, -0.15) is 5.26 Å². The van der Waals surface area contributed by atoms with Crippen LogP contribution in [0.2, 0.25) is 0 Å². The molecule has 0 aromatic heterocycles. The minimum absolute atomic E-state index is 0.137. The van der Waals surface area contributed by atoms with Gasteiger partial charge in [0.25, 0.3) is 0 Å². The van der Waals surface area contributed by atoms with Gasteiger partial charge in [0, 0.05) is 6.92 Å². The largest absolute Gasteiger partial charge is 0.508 e. The van der Waals surface area contributed by atoms with Crippen LogP contribution in [0.4, 0.5) is 0 Å². The highest BCUT2D eigenvalue weighted by Crippen LogP contribution is 2.09. The number of phenols is 1. The predicted molar refractivity (Wildman–Crippen MR) is 50.7 cm³/mol. The molecular formula is C10H11NO3. The molecule has 0 aliphatic rings. The summed E-state index contributed by atoms with van der Waals surface area (Å²) < 4.78 is 4.46. The molecule has 14 heavy (non-hydrogen) atoms. The van der Waals surface area contributed by atoms with E-state index < -0.39 is 5.97 Å². The van der Waals surface area contributed by atoms with Crippen LogP contribution >= 0.6 is 0 Å². The van der Waals surface area contributed by atoms with Gasteiger partial charge in [-0.05, 0) is 24.3 Å². The van der Waals surface area contributed by atoms with Gasteiger partial charge in [0.05, 0.1) is 18.7 Å². The van der Waals surface area contributed by atoms with Gasteiger partial charge in [0.2, 0.25) is 0 Å². The van der Waals surface area contributed by atoms with E-state index in [1.54, 1.807) is 6.07 Å². The second-order valence-electron chi connectivity index (χ2n) is 2.26. The Bertz CT molecular complexity index is 324. The number of nitrogens with zero attached hydrogens (tertiary/aromatic N) is 1. The van der Waals surface area contributed by atoms with Gasteiger partial charge in [-0.25, -0.2) is 4.79 Å². The number of benzene rings is 1. The average Bonchev–Trinajstić information content (AvgIpc) is 2.19. The maximum atomic E-state index is 10.8. The zero-order valence-corrected chi connectivity index (χ0v) is 8.02. The van der Waals surface area contributed by atoms with Crippen molar-refractivity contribution in [3.63, 3.8) is 0 Å². The van der Waals surface area contributed by atoms with Crippen LogP contribution < -0.4 is 0 Å². The average molecular weight is 193 g/mol. The van der Waals surface area contributed by atoms with E-state index >= 15 is 0 Å². The topological polar surface area (TPSA) is 70.3 Å². The van der Waals surface area contributed by atoms with E-state index in [9.17, 15) is 4.79 Å². The lowest BCUT2D eigenvalue weighted by atomic mass is 10.2. The van der Waals surface area contributed by atoms with Crippen molar-refractivity contribution >= 4 is 5.97 Å². The molecule has 0 aliphatic heterocycles. The zero-order chi connectivity index (χ0) is 11.0. The van der Waals surface area contributed by atoms with Crippen molar-refractivity contribution in [2.24, 2.45) is 0 Å². The van der Waals surface area contributed by atoms with Crippen LogP contribution in [0.5, 0.6) is 5.75 Å². The highest BCUT2D eigenvalue weighted by Gasteiger charge is 2.02. The molecule has 0 bridgehead atoms. The summed E-state index contributed by atoms with van der Waals surface area (Å²) in [5.74, 6) is -0.261. The molecule has 0 spiro atoms. The van der Waals surface area contributed by atoms with E-state index in [0.717, 1.165) is 0 Å². The summed E-state index contributed by atoms with van der Waals surface area (Å²) in [6.45, 7) is 1.43. The summed E-state index contributed by atoms with van der Waals surface area (Å²) in [5.41, 5.74) is 0.435. The monoisotopic (exact) mass is 193 g/mol. The van der Waals surface area contributed by atoms with Crippen LogP contribution in [-0.4, -0.2) is 18.2 Å². The molecule has 1 aromatic carbocycles. The number of esters is 1. The van der Waals surface area contributed by atoms with Crippen LogP contribution in [-0.2, 0) is 4.74 Å². The van der Waals surface area contributed by atoms with Crippen LogP contribution in [0.3, 0.4) is 0 Å². The van der Waals surface area contributed by atoms with Gasteiger partial charge in [0.15, 0.2) is 0 Å². The third-order valence-corrected chi connectivity index (χ3v) is 1.29. The molecule has 1 N–H and O–H groups in total. The van der Waals surface area contributed by atoms with E-state index in [0.29, 0.717) is 5.56 Å². The third-order valence-electron chi connectivity index (χ3n) is 1.29. The molecule has 4 heteroatoms. The Morgan fingerprint density at radius 3 is 2.21 bits per heavy atom. The molecule has 0 unspecified atom stereocenters. The van der Waals surface area contributed by atoms with E-state index in [1.165, 1.54) is 38.3 Å². The van der Waals surface area contributed by atoms with E-state index in [2.05, 4.69) is 4.74 Å². The Morgan fingerprint density at radius 2 is 1.86 bits per heavy atom. The third kappa shape index (κ3) is 4.12. The highest BCUT2D eigenvalue weighted by atomic mass is 16.5. The van der Waals surface area contributed by atoms with Crippen molar-refractivity contribution in [1.29, 1.82) is 5.26 Å². The fourth-order valence-corrected chi connectivity index (χ4v) is 0.715. The van der Waals surface area contributed by atoms with Crippen molar-refractivity contribution in [3.8, 4) is 11.8 Å². The van der Waals surface area contributed by atoms with Crippen molar-refractivity contribution in [3.05, 3.63) is 29.8 Å². The highest BCUT2D eigenvalue weighted by molar-refractivity contribution is 5.89. The Balaban J connectivity index is 0.000000500. The van der Waals surface area contributed by atoms with Gasteiger partial charge in [-0.3, -0.25) is 0 Å². The van der Waals surface area contributed by atoms with Gasteiger partial charge < -0.3 is 9.84 Å². The molecule has 0 atom stereocenters. The minimum atomic E-state index is -0.398. The minimum Gasteiger partial charge on any atom is -0.508 e. The van der Waals surface area contributed by atoms with Gasteiger partial charge in [0.1, 0.15) is 5.75 Å². The number of carbonyl (C=O) groups excluding carboxylic acids is 1. The number of rotatable bonds is 1. The molecular weight excluding hydrogens is 182 g/mol. The molecule has 0 aliphatic carbocycles. The zero-order valence-electron chi connectivity index (χ0n) is 8.02. The molecule has 4 nitrogen and oxygen atoms in total. The summed E-state index contributed by atoms with van der Waals surface area (Å²) in [4.78, 5) is 10.8. The number of methoxy groups -OCH3 is 1. The Morgan fingerprint density at radius 1 is 1.43 bits per heavy atom. The number of nitriles is 1. The first-order chi connectivity index (χ1) is 6.65. The van der Waals surface area contributed by atoms with Crippen LogP contribution in [0, 0.1) is 11.3 Å². The van der Waals surface area contributed by atoms with Gasteiger partial charge in [-0.15, -0.1) is 0 Å². The van der Waals surface area contributed by atoms with Gasteiger partial charge >= 0.3 is 5.97 Å². The maximum absolute atomic E-state index is 10.8. The van der Waals surface area contributed by atoms with Crippen molar-refractivity contribution in [2.75, 3.05) is 7.11 Å². The number of aromatic hydroxyl groups is 1. The lowest BCUT2D eigenvalue weighted by Gasteiger charge is -1.97. The number of hydrogen-bond acceptors (Lipinski definition) is 4. The first-order valence-electron chi connectivity index (χ1n) is 3.84. The molecule has 0 heterocycles. The normalized spacial score (nSPS) is 7.79. The van der Waals surface area contributed by atoms with Crippen LogP contribution in [0.15, 0.2) is 24.3 Å². The van der Waals surface area contributed by atoms with Crippen molar-refractivity contribution < 1.29 is 14.6 Å². The molecule has 1 rings (SSSR count).